The van der Waals surface area contributed by atoms with Crippen molar-refractivity contribution in [2.45, 2.75) is 26.7 Å². The zero-order valence-corrected chi connectivity index (χ0v) is 13.2. The number of carbonyl (C=O) groups is 2. The van der Waals surface area contributed by atoms with Crippen LogP contribution in [0.15, 0.2) is 42.5 Å². The summed E-state index contributed by atoms with van der Waals surface area (Å²) in [6.45, 7) is 3.10. The molecule has 4 heteroatoms. The quantitative estimate of drug-likeness (QED) is 0.772. The standard InChI is InChI=1S/C19H19NO3/c1-19(2,18(22)23)11-17(21)20-14-7-8-16-13(10-14)9-12-5-3-4-6-15(12)16/h3-8,10H,9,11H2,1-2H3,(H,20,21)(H,22,23). The van der Waals surface area contributed by atoms with E-state index in [0.717, 1.165) is 6.42 Å². The van der Waals surface area contributed by atoms with Gasteiger partial charge in [0.05, 0.1) is 5.41 Å². The Balaban J connectivity index is 1.76. The lowest BCUT2D eigenvalue weighted by Crippen LogP contribution is -2.29. The topological polar surface area (TPSA) is 66.4 Å². The molecule has 23 heavy (non-hydrogen) atoms. The summed E-state index contributed by atoms with van der Waals surface area (Å²) in [5, 5.41) is 11.9. The fourth-order valence-electron chi connectivity index (χ4n) is 2.91. The molecule has 0 atom stereocenters. The highest BCUT2D eigenvalue weighted by molar-refractivity contribution is 5.94. The molecule has 3 rings (SSSR count). The molecule has 0 bridgehead atoms. The van der Waals surface area contributed by atoms with Gasteiger partial charge >= 0.3 is 5.97 Å². The van der Waals surface area contributed by atoms with Crippen molar-refractivity contribution in [2.75, 3.05) is 5.32 Å². The average molecular weight is 309 g/mol. The Bertz CT molecular complexity index is 793. The number of amides is 1. The molecule has 2 aromatic carbocycles. The third-order valence-electron chi connectivity index (χ3n) is 4.26. The first-order valence-electron chi connectivity index (χ1n) is 7.61. The minimum absolute atomic E-state index is 0.0559. The summed E-state index contributed by atoms with van der Waals surface area (Å²) in [6, 6.07) is 14.1. The lowest BCUT2D eigenvalue weighted by Gasteiger charge is -2.18. The van der Waals surface area contributed by atoms with E-state index in [1.165, 1.54) is 22.3 Å². The predicted molar refractivity (Wildman–Crippen MR) is 89.3 cm³/mol. The molecule has 4 nitrogen and oxygen atoms in total. The van der Waals surface area contributed by atoms with Crippen LogP contribution < -0.4 is 5.32 Å². The molecule has 0 saturated carbocycles. The number of benzene rings is 2. The van der Waals surface area contributed by atoms with Gasteiger partial charge in [0, 0.05) is 12.1 Å². The van der Waals surface area contributed by atoms with Gasteiger partial charge < -0.3 is 10.4 Å². The van der Waals surface area contributed by atoms with Crippen molar-refractivity contribution in [1.82, 2.24) is 0 Å². The molecular formula is C19H19NO3. The fourth-order valence-corrected chi connectivity index (χ4v) is 2.91. The van der Waals surface area contributed by atoms with Crippen molar-refractivity contribution >= 4 is 17.6 Å². The van der Waals surface area contributed by atoms with Crippen molar-refractivity contribution in [2.24, 2.45) is 5.41 Å². The maximum absolute atomic E-state index is 12.1. The van der Waals surface area contributed by atoms with Gasteiger partial charge in [-0.25, -0.2) is 0 Å². The molecule has 0 saturated heterocycles. The Labute approximate surface area is 135 Å². The highest BCUT2D eigenvalue weighted by atomic mass is 16.4. The van der Waals surface area contributed by atoms with E-state index < -0.39 is 11.4 Å². The van der Waals surface area contributed by atoms with Gasteiger partial charge in [0.25, 0.3) is 0 Å². The second kappa shape index (κ2) is 5.54. The van der Waals surface area contributed by atoms with Crippen LogP contribution in [0.3, 0.4) is 0 Å². The van der Waals surface area contributed by atoms with Gasteiger partial charge in [-0.15, -0.1) is 0 Å². The molecule has 118 valence electrons. The molecule has 1 amide bonds. The highest BCUT2D eigenvalue weighted by Gasteiger charge is 2.30. The SMILES string of the molecule is CC(C)(CC(=O)Nc1ccc2c(c1)Cc1ccccc1-2)C(=O)O. The van der Waals surface area contributed by atoms with Crippen molar-refractivity contribution in [3.63, 3.8) is 0 Å². The van der Waals surface area contributed by atoms with Crippen LogP contribution >= 0.6 is 0 Å². The number of carboxylic acid groups (broad SMARTS) is 1. The van der Waals surface area contributed by atoms with E-state index in [9.17, 15) is 9.59 Å². The van der Waals surface area contributed by atoms with Crippen molar-refractivity contribution < 1.29 is 14.7 Å². The van der Waals surface area contributed by atoms with Gasteiger partial charge in [-0.05, 0) is 54.7 Å². The first-order valence-corrected chi connectivity index (χ1v) is 7.61. The molecule has 0 spiro atoms. The van der Waals surface area contributed by atoms with Crippen molar-refractivity contribution in [1.29, 1.82) is 0 Å². The maximum Gasteiger partial charge on any atom is 0.309 e. The number of rotatable bonds is 4. The van der Waals surface area contributed by atoms with Gasteiger partial charge in [-0.1, -0.05) is 30.3 Å². The summed E-state index contributed by atoms with van der Waals surface area (Å²) >= 11 is 0. The molecular weight excluding hydrogens is 290 g/mol. The second-order valence-electron chi connectivity index (χ2n) is 6.62. The van der Waals surface area contributed by atoms with E-state index in [0.29, 0.717) is 5.69 Å². The molecule has 0 radical (unpaired) electrons. The summed E-state index contributed by atoms with van der Waals surface area (Å²) in [5.74, 6) is -1.26. The molecule has 0 heterocycles. The summed E-state index contributed by atoms with van der Waals surface area (Å²) in [4.78, 5) is 23.2. The molecule has 0 fully saturated rings. The smallest absolute Gasteiger partial charge is 0.309 e. The maximum atomic E-state index is 12.1. The van der Waals surface area contributed by atoms with Crippen LogP contribution in [0.4, 0.5) is 5.69 Å². The number of anilines is 1. The van der Waals surface area contributed by atoms with Gasteiger partial charge in [0.2, 0.25) is 5.91 Å². The first-order chi connectivity index (χ1) is 10.9. The Morgan fingerprint density at radius 3 is 2.52 bits per heavy atom. The van der Waals surface area contributed by atoms with E-state index in [4.69, 9.17) is 5.11 Å². The van der Waals surface area contributed by atoms with E-state index in [-0.39, 0.29) is 12.3 Å². The first kappa shape index (κ1) is 15.3. The van der Waals surface area contributed by atoms with Crippen LogP contribution in [0.2, 0.25) is 0 Å². The van der Waals surface area contributed by atoms with Crippen LogP contribution in [0.5, 0.6) is 0 Å². The highest BCUT2D eigenvalue weighted by Crippen LogP contribution is 2.37. The molecule has 2 N–H and O–H groups in total. The van der Waals surface area contributed by atoms with Crippen molar-refractivity contribution in [3.8, 4) is 11.1 Å². The van der Waals surface area contributed by atoms with Crippen LogP contribution in [0.25, 0.3) is 11.1 Å². The monoisotopic (exact) mass is 309 g/mol. The molecule has 0 aromatic heterocycles. The lowest BCUT2D eigenvalue weighted by atomic mass is 9.89. The Morgan fingerprint density at radius 1 is 1.09 bits per heavy atom. The van der Waals surface area contributed by atoms with Crippen LogP contribution in [0.1, 0.15) is 31.4 Å². The van der Waals surface area contributed by atoms with Gasteiger partial charge in [0.1, 0.15) is 0 Å². The molecule has 0 unspecified atom stereocenters. The minimum Gasteiger partial charge on any atom is -0.481 e. The molecule has 1 aliphatic carbocycles. The zero-order chi connectivity index (χ0) is 16.6. The Kier molecular flexibility index (Phi) is 3.68. The molecule has 2 aromatic rings. The van der Waals surface area contributed by atoms with E-state index in [1.807, 2.05) is 30.3 Å². The van der Waals surface area contributed by atoms with Crippen LogP contribution in [-0.2, 0) is 16.0 Å². The van der Waals surface area contributed by atoms with Gasteiger partial charge in [-0.2, -0.15) is 0 Å². The number of fused-ring (bicyclic) bond motifs is 3. The summed E-state index contributed by atoms with van der Waals surface area (Å²) in [6.07, 6.45) is 0.801. The zero-order valence-electron chi connectivity index (χ0n) is 13.2. The normalized spacial score (nSPS) is 12.4. The summed E-state index contributed by atoms with van der Waals surface area (Å²) in [5.41, 5.74) is 4.55. The largest absolute Gasteiger partial charge is 0.481 e. The summed E-state index contributed by atoms with van der Waals surface area (Å²) in [7, 11) is 0. The number of nitrogens with one attached hydrogen (secondary N) is 1. The van der Waals surface area contributed by atoms with E-state index >= 15 is 0 Å². The van der Waals surface area contributed by atoms with Gasteiger partial charge in [-0.3, -0.25) is 9.59 Å². The number of carbonyl (C=O) groups excluding carboxylic acids is 1. The number of aliphatic carboxylic acids is 1. The number of hydrogen-bond donors (Lipinski definition) is 2. The fraction of sp³-hybridized carbons (Fsp3) is 0.263. The average Bonchev–Trinajstić information content (AvgIpc) is 2.83. The lowest BCUT2D eigenvalue weighted by molar-refractivity contribution is -0.148. The van der Waals surface area contributed by atoms with E-state index in [2.05, 4.69) is 17.4 Å². The number of hydrogen-bond acceptors (Lipinski definition) is 2. The predicted octanol–water partition coefficient (Wildman–Crippen LogP) is 3.70. The number of carboxylic acids is 1. The molecule has 1 aliphatic rings. The van der Waals surface area contributed by atoms with Gasteiger partial charge in [0.15, 0.2) is 0 Å². The Morgan fingerprint density at radius 2 is 1.78 bits per heavy atom. The van der Waals surface area contributed by atoms with Crippen molar-refractivity contribution in [3.05, 3.63) is 53.6 Å². The second-order valence-corrected chi connectivity index (χ2v) is 6.62. The third kappa shape index (κ3) is 2.97. The van der Waals surface area contributed by atoms with E-state index in [1.54, 1.807) is 13.8 Å². The summed E-state index contributed by atoms with van der Waals surface area (Å²) < 4.78 is 0. The minimum atomic E-state index is -1.07. The third-order valence-corrected chi connectivity index (χ3v) is 4.26. The van der Waals surface area contributed by atoms with Crippen LogP contribution in [0, 0.1) is 5.41 Å². The Hall–Kier alpha value is -2.62. The molecule has 0 aliphatic heterocycles. The van der Waals surface area contributed by atoms with Crippen LogP contribution in [-0.4, -0.2) is 17.0 Å².